The zero-order valence-corrected chi connectivity index (χ0v) is 13.7. The van der Waals surface area contributed by atoms with Gasteiger partial charge in [-0.25, -0.2) is 0 Å². The number of amides is 2. The van der Waals surface area contributed by atoms with Gasteiger partial charge in [-0.15, -0.1) is 11.6 Å². The number of hydrogen-bond acceptors (Lipinski definition) is 3. The van der Waals surface area contributed by atoms with Crippen LogP contribution >= 0.6 is 11.6 Å². The summed E-state index contributed by atoms with van der Waals surface area (Å²) in [5.74, 6) is 0.532. The van der Waals surface area contributed by atoms with Crippen LogP contribution < -0.4 is 0 Å². The van der Waals surface area contributed by atoms with Gasteiger partial charge in [-0.1, -0.05) is 0 Å². The molecule has 1 heterocycles. The Morgan fingerprint density at radius 1 is 1.15 bits per heavy atom. The van der Waals surface area contributed by atoms with Gasteiger partial charge in [0.15, 0.2) is 0 Å². The molecule has 0 radical (unpaired) electrons. The van der Waals surface area contributed by atoms with Crippen molar-refractivity contribution in [3.8, 4) is 0 Å². The second-order valence-electron chi connectivity index (χ2n) is 6.23. The van der Waals surface area contributed by atoms with Crippen molar-refractivity contribution in [3.05, 3.63) is 0 Å². The largest absolute Gasteiger partial charge is 0.348 e. The quantitative estimate of drug-likeness (QED) is 0.724. The number of likely N-dealkylation sites (N-methyl/N-ethyl adjacent to an activating group) is 1. The molecule has 1 aliphatic heterocycles. The molecule has 0 spiro atoms. The smallest absolute Gasteiger partial charge is 0.236 e. The van der Waals surface area contributed by atoms with Gasteiger partial charge in [0.25, 0.3) is 0 Å². The van der Waals surface area contributed by atoms with Gasteiger partial charge in [0, 0.05) is 46.2 Å². The van der Waals surface area contributed by atoms with E-state index in [2.05, 4.69) is 4.90 Å². The van der Waals surface area contributed by atoms with Crippen molar-refractivity contribution in [1.29, 1.82) is 0 Å². The van der Waals surface area contributed by atoms with Crippen LogP contribution in [0.3, 0.4) is 0 Å². The van der Waals surface area contributed by atoms with E-state index in [1.165, 1.54) is 0 Å². The van der Waals surface area contributed by atoms with Gasteiger partial charge in [0.2, 0.25) is 11.8 Å². The Hall–Kier alpha value is -0.810. The van der Waals surface area contributed by atoms with Crippen molar-refractivity contribution in [2.24, 2.45) is 5.41 Å². The molecule has 0 saturated carbocycles. The minimum absolute atomic E-state index is 0.103. The van der Waals surface area contributed by atoms with Crippen LogP contribution in [0, 0.1) is 5.41 Å². The topological polar surface area (TPSA) is 43.9 Å². The highest BCUT2D eigenvalue weighted by molar-refractivity contribution is 6.19. The summed E-state index contributed by atoms with van der Waals surface area (Å²) in [7, 11) is 3.53. The van der Waals surface area contributed by atoms with Crippen LogP contribution in [0.5, 0.6) is 0 Å². The number of carbonyl (C=O) groups excluding carboxylic acids is 2. The predicted octanol–water partition coefficient (Wildman–Crippen LogP) is 0.874. The molecule has 5 nitrogen and oxygen atoms in total. The predicted molar refractivity (Wildman–Crippen MR) is 80.8 cm³/mol. The molecule has 1 rings (SSSR count). The van der Waals surface area contributed by atoms with E-state index in [1.807, 2.05) is 18.7 Å². The first-order chi connectivity index (χ1) is 9.27. The summed E-state index contributed by atoms with van der Waals surface area (Å²) in [5.41, 5.74) is -0.518. The van der Waals surface area contributed by atoms with Gasteiger partial charge in [-0.05, 0) is 20.3 Å². The summed E-state index contributed by atoms with van der Waals surface area (Å²) in [5, 5.41) is 0. The zero-order chi connectivity index (χ0) is 15.3. The van der Waals surface area contributed by atoms with E-state index in [-0.39, 0.29) is 11.8 Å². The lowest BCUT2D eigenvalue weighted by molar-refractivity contribution is -0.139. The minimum atomic E-state index is -0.518. The highest BCUT2D eigenvalue weighted by Crippen LogP contribution is 2.21. The SMILES string of the molecule is CN(C)C(=O)CN1CCCN(C(=O)C(C)(C)CCl)CC1. The number of halogens is 1. The Bertz CT molecular complexity index is 358. The Labute approximate surface area is 126 Å². The molecule has 0 aromatic rings. The lowest BCUT2D eigenvalue weighted by Gasteiger charge is -2.29. The molecular formula is C14H26ClN3O2. The number of rotatable bonds is 4. The third-order valence-electron chi connectivity index (χ3n) is 3.65. The van der Waals surface area contributed by atoms with Crippen LogP contribution in [-0.2, 0) is 9.59 Å². The second kappa shape index (κ2) is 7.27. The van der Waals surface area contributed by atoms with Gasteiger partial charge in [0.1, 0.15) is 0 Å². The van der Waals surface area contributed by atoms with Crippen LogP contribution in [-0.4, -0.2) is 79.2 Å². The molecule has 0 aromatic heterocycles. The lowest BCUT2D eigenvalue weighted by Crippen LogP contribution is -2.44. The van der Waals surface area contributed by atoms with Crippen LogP contribution in [0.25, 0.3) is 0 Å². The highest BCUT2D eigenvalue weighted by Gasteiger charge is 2.32. The molecule has 0 bridgehead atoms. The van der Waals surface area contributed by atoms with Crippen molar-refractivity contribution in [3.63, 3.8) is 0 Å². The molecule has 1 fully saturated rings. The second-order valence-corrected chi connectivity index (χ2v) is 6.49. The van der Waals surface area contributed by atoms with E-state index in [0.29, 0.717) is 19.0 Å². The highest BCUT2D eigenvalue weighted by atomic mass is 35.5. The van der Waals surface area contributed by atoms with Gasteiger partial charge < -0.3 is 9.80 Å². The normalized spacial score (nSPS) is 17.8. The van der Waals surface area contributed by atoms with Crippen molar-refractivity contribution >= 4 is 23.4 Å². The standard InChI is InChI=1S/C14H26ClN3O2/c1-14(2,11-15)13(20)18-7-5-6-17(8-9-18)10-12(19)16(3)4/h5-11H2,1-4H3. The summed E-state index contributed by atoms with van der Waals surface area (Å²) < 4.78 is 0. The Morgan fingerprint density at radius 2 is 1.80 bits per heavy atom. The van der Waals surface area contributed by atoms with Gasteiger partial charge in [-0.3, -0.25) is 14.5 Å². The Balaban J connectivity index is 2.55. The van der Waals surface area contributed by atoms with Crippen LogP contribution in [0.4, 0.5) is 0 Å². The fourth-order valence-electron chi connectivity index (χ4n) is 2.15. The summed E-state index contributed by atoms with van der Waals surface area (Å²) in [6.45, 7) is 7.18. The Morgan fingerprint density at radius 3 is 2.35 bits per heavy atom. The first kappa shape index (κ1) is 17.2. The summed E-state index contributed by atoms with van der Waals surface area (Å²) in [4.78, 5) is 29.7. The first-order valence-corrected chi connectivity index (χ1v) is 7.59. The molecule has 0 N–H and O–H groups in total. The average molecular weight is 304 g/mol. The molecule has 2 amide bonds. The number of carbonyl (C=O) groups is 2. The van der Waals surface area contributed by atoms with E-state index in [9.17, 15) is 9.59 Å². The fraction of sp³-hybridized carbons (Fsp3) is 0.857. The molecule has 0 aromatic carbocycles. The first-order valence-electron chi connectivity index (χ1n) is 7.06. The fourth-order valence-corrected chi connectivity index (χ4v) is 2.26. The minimum Gasteiger partial charge on any atom is -0.348 e. The third-order valence-corrected chi connectivity index (χ3v) is 4.31. The van der Waals surface area contributed by atoms with Crippen LogP contribution in [0.2, 0.25) is 0 Å². The molecule has 0 atom stereocenters. The maximum Gasteiger partial charge on any atom is 0.236 e. The number of hydrogen-bond donors (Lipinski definition) is 0. The summed E-state index contributed by atoms with van der Waals surface area (Å²) in [6.07, 6.45) is 0.894. The molecule has 0 aliphatic carbocycles. The van der Waals surface area contributed by atoms with E-state index < -0.39 is 5.41 Å². The number of nitrogens with zero attached hydrogens (tertiary/aromatic N) is 3. The molecule has 1 saturated heterocycles. The maximum atomic E-state index is 12.4. The van der Waals surface area contributed by atoms with Gasteiger partial charge >= 0.3 is 0 Å². The van der Waals surface area contributed by atoms with E-state index in [1.54, 1.807) is 19.0 Å². The monoisotopic (exact) mass is 303 g/mol. The van der Waals surface area contributed by atoms with E-state index in [4.69, 9.17) is 11.6 Å². The third kappa shape index (κ3) is 4.63. The van der Waals surface area contributed by atoms with Crippen LogP contribution in [0.1, 0.15) is 20.3 Å². The van der Waals surface area contributed by atoms with Crippen molar-refractivity contribution in [2.75, 3.05) is 52.7 Å². The molecule has 1 aliphatic rings. The Kier molecular flexibility index (Phi) is 6.27. The molecular weight excluding hydrogens is 278 g/mol. The molecule has 20 heavy (non-hydrogen) atoms. The number of alkyl halides is 1. The summed E-state index contributed by atoms with van der Waals surface area (Å²) in [6, 6.07) is 0. The van der Waals surface area contributed by atoms with E-state index in [0.717, 1.165) is 26.1 Å². The van der Waals surface area contributed by atoms with Crippen LogP contribution in [0.15, 0.2) is 0 Å². The molecule has 116 valence electrons. The molecule has 6 heteroatoms. The van der Waals surface area contributed by atoms with Crippen molar-refractivity contribution in [2.45, 2.75) is 20.3 Å². The zero-order valence-electron chi connectivity index (χ0n) is 13.0. The maximum absolute atomic E-state index is 12.4. The average Bonchev–Trinajstić information content (AvgIpc) is 2.63. The van der Waals surface area contributed by atoms with Gasteiger partial charge in [-0.2, -0.15) is 0 Å². The lowest BCUT2D eigenvalue weighted by atomic mass is 9.94. The van der Waals surface area contributed by atoms with E-state index >= 15 is 0 Å². The van der Waals surface area contributed by atoms with Crippen molar-refractivity contribution in [1.82, 2.24) is 14.7 Å². The summed E-state index contributed by atoms with van der Waals surface area (Å²) >= 11 is 5.87. The van der Waals surface area contributed by atoms with Gasteiger partial charge in [0.05, 0.1) is 12.0 Å². The molecule has 0 unspecified atom stereocenters. The van der Waals surface area contributed by atoms with Crippen molar-refractivity contribution < 1.29 is 9.59 Å².